The fraction of sp³-hybridized carbons (Fsp3) is 0.529. The summed E-state index contributed by atoms with van der Waals surface area (Å²) in [5.41, 5.74) is 1.39. The third-order valence-corrected chi connectivity index (χ3v) is 5.57. The van der Waals surface area contributed by atoms with E-state index in [2.05, 4.69) is 20.5 Å². The first-order valence-electron chi connectivity index (χ1n) is 8.51. The topological polar surface area (TPSA) is 97.0 Å². The lowest BCUT2D eigenvalue weighted by atomic mass is 10.1. The van der Waals surface area contributed by atoms with Crippen LogP contribution in [-0.4, -0.2) is 39.4 Å². The summed E-state index contributed by atoms with van der Waals surface area (Å²) in [6.45, 7) is 10.0. The van der Waals surface area contributed by atoms with Crippen LogP contribution in [0.3, 0.4) is 0 Å². The molecule has 0 aliphatic heterocycles. The Hall–Kier alpha value is -1.87. The van der Waals surface area contributed by atoms with Gasteiger partial charge in [0.2, 0.25) is 11.1 Å². The van der Waals surface area contributed by atoms with E-state index in [1.165, 1.54) is 23.1 Å². The molecule has 0 bridgehead atoms. The van der Waals surface area contributed by atoms with E-state index in [1.54, 1.807) is 6.92 Å². The highest BCUT2D eigenvalue weighted by molar-refractivity contribution is 7.99. The number of amides is 1. The number of aromatic nitrogens is 3. The number of thioether (sulfide) groups is 1. The molecule has 0 unspecified atom stereocenters. The molecular formula is C17H24N4O3S2. The fourth-order valence-electron chi connectivity index (χ4n) is 2.39. The number of thiophene rings is 1. The number of anilines is 1. The van der Waals surface area contributed by atoms with Gasteiger partial charge in [0.1, 0.15) is 10.8 Å². The summed E-state index contributed by atoms with van der Waals surface area (Å²) < 4.78 is 5.15. The standard InChI is InChI=1S/C17H24N4O3S2/c1-6-11-10(5)26-15(13(11)16(23)24-7-2)18-12(22)8-25-17-19-14(9(3)4)20-21-17/h9H,6-8H2,1-5H3,(H,18,22)(H,19,20,21). The number of rotatable bonds is 8. The summed E-state index contributed by atoms with van der Waals surface area (Å²) in [7, 11) is 0. The van der Waals surface area contributed by atoms with E-state index in [1.807, 2.05) is 27.7 Å². The summed E-state index contributed by atoms with van der Waals surface area (Å²) in [6, 6.07) is 0. The zero-order valence-corrected chi connectivity index (χ0v) is 17.3. The number of hydrogen-bond donors (Lipinski definition) is 2. The Morgan fingerprint density at radius 3 is 2.65 bits per heavy atom. The van der Waals surface area contributed by atoms with Crippen LogP contribution in [0.25, 0.3) is 0 Å². The molecule has 0 spiro atoms. The van der Waals surface area contributed by atoms with Crippen molar-refractivity contribution in [3.63, 3.8) is 0 Å². The van der Waals surface area contributed by atoms with Crippen LogP contribution >= 0.6 is 23.1 Å². The number of esters is 1. The fourth-order valence-corrected chi connectivity index (χ4v) is 4.14. The lowest BCUT2D eigenvalue weighted by Crippen LogP contribution is -2.16. The highest BCUT2D eigenvalue weighted by Gasteiger charge is 2.23. The van der Waals surface area contributed by atoms with Crippen molar-refractivity contribution in [3.8, 4) is 0 Å². The molecule has 0 fully saturated rings. The lowest BCUT2D eigenvalue weighted by molar-refractivity contribution is -0.113. The van der Waals surface area contributed by atoms with Crippen LogP contribution < -0.4 is 5.32 Å². The van der Waals surface area contributed by atoms with Gasteiger partial charge in [0, 0.05) is 10.8 Å². The minimum Gasteiger partial charge on any atom is -0.462 e. The Bertz CT molecular complexity index is 783. The van der Waals surface area contributed by atoms with Crippen molar-refractivity contribution < 1.29 is 14.3 Å². The molecule has 0 aromatic carbocycles. The Kier molecular flexibility index (Phi) is 7.22. The normalized spacial score (nSPS) is 11.0. The molecule has 0 atom stereocenters. The molecule has 2 aromatic rings. The summed E-state index contributed by atoms with van der Waals surface area (Å²) >= 11 is 2.65. The molecule has 0 radical (unpaired) electrons. The Labute approximate surface area is 161 Å². The molecule has 2 aromatic heterocycles. The quantitative estimate of drug-likeness (QED) is 0.521. The Balaban J connectivity index is 2.07. The van der Waals surface area contributed by atoms with Gasteiger partial charge in [0.05, 0.1) is 17.9 Å². The van der Waals surface area contributed by atoms with E-state index in [0.29, 0.717) is 28.7 Å². The SMILES string of the molecule is CCOC(=O)c1c(NC(=O)CSc2n[nH]c(C(C)C)n2)sc(C)c1CC. The molecule has 7 nitrogen and oxygen atoms in total. The second-order valence-corrected chi connectivity index (χ2v) is 8.08. The molecule has 0 aliphatic rings. The molecule has 0 aliphatic carbocycles. The van der Waals surface area contributed by atoms with Gasteiger partial charge in [-0.3, -0.25) is 9.89 Å². The third-order valence-electron chi connectivity index (χ3n) is 3.66. The van der Waals surface area contributed by atoms with Crippen molar-refractivity contribution >= 4 is 40.0 Å². The number of H-pyrrole nitrogens is 1. The van der Waals surface area contributed by atoms with Gasteiger partial charge in [-0.15, -0.1) is 16.4 Å². The van der Waals surface area contributed by atoms with Crippen LogP contribution in [0.2, 0.25) is 0 Å². The number of nitrogens with one attached hydrogen (secondary N) is 2. The monoisotopic (exact) mass is 396 g/mol. The molecule has 142 valence electrons. The van der Waals surface area contributed by atoms with Crippen LogP contribution in [0.4, 0.5) is 5.00 Å². The van der Waals surface area contributed by atoms with Crippen LogP contribution in [0, 0.1) is 6.92 Å². The number of aromatic amines is 1. The summed E-state index contributed by atoms with van der Waals surface area (Å²) in [6.07, 6.45) is 0.705. The Morgan fingerprint density at radius 2 is 2.08 bits per heavy atom. The number of ether oxygens (including phenoxy) is 1. The predicted molar refractivity (Wildman–Crippen MR) is 104 cm³/mol. The van der Waals surface area contributed by atoms with Gasteiger partial charge in [0.15, 0.2) is 0 Å². The first kappa shape index (κ1) is 20.4. The number of aryl methyl sites for hydroxylation is 1. The van der Waals surface area contributed by atoms with Crippen molar-refractivity contribution in [1.29, 1.82) is 0 Å². The number of carbonyl (C=O) groups is 2. The summed E-state index contributed by atoms with van der Waals surface area (Å²) in [5.74, 6) is 0.599. The maximum absolute atomic E-state index is 12.3. The average molecular weight is 397 g/mol. The number of nitrogens with zero attached hydrogens (tertiary/aromatic N) is 2. The van der Waals surface area contributed by atoms with E-state index in [-0.39, 0.29) is 17.6 Å². The molecule has 2 N–H and O–H groups in total. The average Bonchev–Trinajstić information content (AvgIpc) is 3.17. The smallest absolute Gasteiger partial charge is 0.341 e. The van der Waals surface area contributed by atoms with E-state index < -0.39 is 5.97 Å². The predicted octanol–water partition coefficient (Wildman–Crippen LogP) is 3.77. The van der Waals surface area contributed by atoms with Crippen LogP contribution in [-0.2, 0) is 16.0 Å². The largest absolute Gasteiger partial charge is 0.462 e. The summed E-state index contributed by atoms with van der Waals surface area (Å²) in [4.78, 5) is 30.0. The third kappa shape index (κ3) is 4.85. The first-order valence-corrected chi connectivity index (χ1v) is 10.3. The maximum Gasteiger partial charge on any atom is 0.341 e. The van der Waals surface area contributed by atoms with Gasteiger partial charge in [-0.2, -0.15) is 0 Å². The molecule has 2 rings (SSSR count). The van der Waals surface area contributed by atoms with E-state index in [9.17, 15) is 9.59 Å². The van der Waals surface area contributed by atoms with Crippen LogP contribution in [0.1, 0.15) is 60.2 Å². The second kappa shape index (κ2) is 9.18. The summed E-state index contributed by atoms with van der Waals surface area (Å²) in [5, 5.41) is 10.9. The molecule has 26 heavy (non-hydrogen) atoms. The minimum absolute atomic E-state index is 0.163. The number of carbonyl (C=O) groups excluding carboxylic acids is 2. The zero-order valence-electron chi connectivity index (χ0n) is 15.6. The molecule has 9 heteroatoms. The lowest BCUT2D eigenvalue weighted by Gasteiger charge is -2.07. The van der Waals surface area contributed by atoms with Crippen molar-refractivity contribution in [2.75, 3.05) is 17.7 Å². The molecule has 1 amide bonds. The minimum atomic E-state index is -0.396. The van der Waals surface area contributed by atoms with Crippen LogP contribution in [0.5, 0.6) is 0 Å². The number of hydrogen-bond acceptors (Lipinski definition) is 7. The van der Waals surface area contributed by atoms with Gasteiger partial charge in [0.25, 0.3) is 0 Å². The Morgan fingerprint density at radius 1 is 1.35 bits per heavy atom. The zero-order chi connectivity index (χ0) is 19.3. The highest BCUT2D eigenvalue weighted by Crippen LogP contribution is 2.34. The molecular weight excluding hydrogens is 372 g/mol. The van der Waals surface area contributed by atoms with Gasteiger partial charge < -0.3 is 10.1 Å². The van der Waals surface area contributed by atoms with Crippen LogP contribution in [0.15, 0.2) is 5.16 Å². The van der Waals surface area contributed by atoms with E-state index in [0.717, 1.165) is 16.3 Å². The highest BCUT2D eigenvalue weighted by atomic mass is 32.2. The molecule has 0 saturated carbocycles. The second-order valence-electron chi connectivity index (χ2n) is 5.91. The van der Waals surface area contributed by atoms with Crippen molar-refractivity contribution in [1.82, 2.24) is 15.2 Å². The van der Waals surface area contributed by atoms with Gasteiger partial charge >= 0.3 is 5.97 Å². The molecule has 0 saturated heterocycles. The van der Waals surface area contributed by atoms with Gasteiger partial charge in [-0.1, -0.05) is 32.5 Å². The maximum atomic E-state index is 12.3. The van der Waals surface area contributed by atoms with Crippen molar-refractivity contribution in [2.24, 2.45) is 0 Å². The van der Waals surface area contributed by atoms with E-state index in [4.69, 9.17) is 4.74 Å². The van der Waals surface area contributed by atoms with Crippen molar-refractivity contribution in [2.45, 2.75) is 52.1 Å². The van der Waals surface area contributed by atoms with Gasteiger partial charge in [-0.25, -0.2) is 9.78 Å². The van der Waals surface area contributed by atoms with Crippen molar-refractivity contribution in [3.05, 3.63) is 21.8 Å². The van der Waals surface area contributed by atoms with E-state index >= 15 is 0 Å². The first-order chi connectivity index (χ1) is 12.4. The van der Waals surface area contributed by atoms with Gasteiger partial charge in [-0.05, 0) is 25.8 Å². The molecule has 2 heterocycles.